The van der Waals surface area contributed by atoms with E-state index in [9.17, 15) is 24.0 Å². The molecule has 8 heterocycles. The zero-order valence-electron chi connectivity index (χ0n) is 35.9. The van der Waals surface area contributed by atoms with Gasteiger partial charge in [0.15, 0.2) is 11.3 Å². The van der Waals surface area contributed by atoms with Crippen LogP contribution in [0.25, 0.3) is 16.6 Å². The molecule has 2 N–H and O–H groups in total. The molecule has 5 saturated heterocycles. The van der Waals surface area contributed by atoms with E-state index < -0.39 is 35.3 Å². The van der Waals surface area contributed by atoms with Crippen LogP contribution >= 0.6 is 0 Å². The van der Waals surface area contributed by atoms with Gasteiger partial charge in [0.1, 0.15) is 23.2 Å². The van der Waals surface area contributed by atoms with Gasteiger partial charge in [0.05, 0.1) is 61.4 Å². The first-order valence-electron chi connectivity index (χ1n) is 21.9. The summed E-state index contributed by atoms with van der Waals surface area (Å²) in [4.78, 5) is 75.7. The summed E-state index contributed by atoms with van der Waals surface area (Å²) in [6, 6.07) is 11.6. The van der Waals surface area contributed by atoms with Crippen molar-refractivity contribution in [2.24, 2.45) is 0 Å². The molecule has 10 rings (SSSR count). The zero-order chi connectivity index (χ0) is 44.4. The maximum absolute atomic E-state index is 16.1. The van der Waals surface area contributed by atoms with Crippen LogP contribution in [-0.2, 0) is 19.1 Å². The van der Waals surface area contributed by atoms with Crippen molar-refractivity contribution in [3.8, 4) is 5.75 Å². The lowest BCUT2D eigenvalue weighted by molar-refractivity contribution is -0.142. The van der Waals surface area contributed by atoms with Gasteiger partial charge in [0, 0.05) is 74.6 Å². The average molecular weight is 876 g/mol. The van der Waals surface area contributed by atoms with Gasteiger partial charge in [-0.25, -0.2) is 13.9 Å². The van der Waals surface area contributed by atoms with E-state index in [1.807, 2.05) is 54.0 Å². The number of carbonyl (C=O) groups excluding carboxylic acids is 5. The lowest BCUT2D eigenvalue weighted by Gasteiger charge is -2.48. The lowest BCUT2D eigenvalue weighted by Crippen LogP contribution is -2.64. The number of piperidine rings is 2. The molecule has 0 aliphatic carbocycles. The number of ether oxygens (including phenoxy) is 2. The van der Waals surface area contributed by atoms with Crippen LogP contribution in [-0.4, -0.2) is 140 Å². The van der Waals surface area contributed by atoms with Gasteiger partial charge < -0.3 is 24.6 Å². The molecule has 64 heavy (non-hydrogen) atoms. The molecule has 3 atom stereocenters. The van der Waals surface area contributed by atoms with Crippen LogP contribution in [0, 0.1) is 0 Å². The highest BCUT2D eigenvalue weighted by molar-refractivity contribution is 6.11. The van der Waals surface area contributed by atoms with Crippen LogP contribution in [0.3, 0.4) is 0 Å². The topological polar surface area (TPSA) is 189 Å². The average Bonchev–Trinajstić information content (AvgIpc) is 4.08. The molecule has 5 aliphatic heterocycles. The van der Waals surface area contributed by atoms with E-state index in [4.69, 9.17) is 19.6 Å². The summed E-state index contributed by atoms with van der Waals surface area (Å²) in [5.74, 6) is -1.38. The van der Waals surface area contributed by atoms with Crippen molar-refractivity contribution >= 4 is 63.3 Å². The van der Waals surface area contributed by atoms with E-state index >= 15 is 4.39 Å². The van der Waals surface area contributed by atoms with E-state index in [0.717, 1.165) is 53.1 Å². The Morgan fingerprint density at radius 2 is 1.84 bits per heavy atom. The van der Waals surface area contributed by atoms with Gasteiger partial charge in [-0.2, -0.15) is 10.2 Å². The first-order valence-corrected chi connectivity index (χ1v) is 21.9. The molecule has 0 saturated carbocycles. The minimum atomic E-state index is -1.41. The number of fused-ring (bicyclic) bond motifs is 4. The molecule has 5 aromatic rings. The van der Waals surface area contributed by atoms with Crippen LogP contribution < -0.4 is 25.2 Å². The number of hydrogen-bond donors (Lipinski definition) is 2. The molecule has 3 aromatic heterocycles. The summed E-state index contributed by atoms with van der Waals surface area (Å²) in [6.07, 6.45) is 8.06. The molecule has 0 radical (unpaired) electrons. The Bertz CT molecular complexity index is 2670. The standard InChI is InChI=1S/C45H50FN11O7/c1-26(2)64-38-18-35-29(16-36(38)48-42(60)34-19-47-55-15-12-39(49-41(34)55)54-21-33-17-32(54)22-63-33)20-56(51-35)31-10-13-52(14-11-31)23-45(46)24-53(25-45)30-6-4-28(5-7-30)44(62)57(27(3)58)37-8-9-40(59)50-43(37)61/h4-7,12,15-16,18-20,26,31-33,37H,8-11,13-14,17,21-25H2,1-3H3,(H,48,60)(H,50,59,61)/t32-,33?,37?/m0/s1. The SMILES string of the molecule is CC(=O)N(C(=O)c1ccc(N2CC(F)(CN3CCC(n4cc5cc(NC(=O)c6cnn7ccc(N8CC9C[C@H]8CO9)nc67)c(OC(C)C)cc5n4)CC3)C2)cc1)C1CCC(=O)NC1=O. The van der Waals surface area contributed by atoms with Gasteiger partial charge in [-0.1, -0.05) is 0 Å². The number of hydrogen-bond acceptors (Lipinski definition) is 13. The van der Waals surface area contributed by atoms with Crippen molar-refractivity contribution in [3.63, 3.8) is 0 Å². The number of nitrogens with one attached hydrogen (secondary N) is 2. The van der Waals surface area contributed by atoms with Crippen molar-refractivity contribution in [2.45, 2.75) is 88.9 Å². The molecule has 5 aliphatic rings. The quantitative estimate of drug-likeness (QED) is 0.183. The molecule has 2 aromatic carbocycles. The Kier molecular flexibility index (Phi) is 10.6. The van der Waals surface area contributed by atoms with Crippen molar-refractivity contribution in [1.29, 1.82) is 0 Å². The molecular weight excluding hydrogens is 826 g/mol. The number of alkyl halides is 1. The second kappa shape index (κ2) is 16.3. The van der Waals surface area contributed by atoms with Gasteiger partial charge in [0.2, 0.25) is 17.7 Å². The van der Waals surface area contributed by atoms with Gasteiger partial charge >= 0.3 is 0 Å². The zero-order valence-corrected chi connectivity index (χ0v) is 35.9. The fourth-order valence-corrected chi connectivity index (χ4v) is 9.81. The fraction of sp³-hybridized carbons (Fsp3) is 0.467. The fourth-order valence-electron chi connectivity index (χ4n) is 9.81. The van der Waals surface area contributed by atoms with E-state index in [1.54, 1.807) is 28.8 Å². The molecule has 2 bridgehead atoms. The smallest absolute Gasteiger partial charge is 0.261 e. The van der Waals surface area contributed by atoms with Gasteiger partial charge in [-0.05, 0) is 75.9 Å². The van der Waals surface area contributed by atoms with Crippen molar-refractivity contribution in [1.82, 2.24) is 39.5 Å². The predicted molar refractivity (Wildman–Crippen MR) is 232 cm³/mol. The monoisotopic (exact) mass is 875 g/mol. The summed E-state index contributed by atoms with van der Waals surface area (Å²) < 4.78 is 31.6. The third-order valence-corrected chi connectivity index (χ3v) is 13.0. The normalized spacial score (nSPS) is 22.3. The minimum Gasteiger partial charge on any atom is -0.489 e. The summed E-state index contributed by atoms with van der Waals surface area (Å²) in [6.45, 7) is 8.62. The Morgan fingerprint density at radius 1 is 1.06 bits per heavy atom. The summed E-state index contributed by atoms with van der Waals surface area (Å²) in [7, 11) is 0. The van der Waals surface area contributed by atoms with Crippen LogP contribution in [0.2, 0.25) is 0 Å². The van der Waals surface area contributed by atoms with E-state index in [0.29, 0.717) is 48.9 Å². The predicted octanol–water partition coefficient (Wildman–Crippen LogP) is 3.76. The molecule has 19 heteroatoms. The molecule has 5 fully saturated rings. The Labute approximate surface area is 367 Å². The maximum Gasteiger partial charge on any atom is 0.261 e. The second-order valence-corrected chi connectivity index (χ2v) is 18.0. The molecule has 18 nitrogen and oxygen atoms in total. The number of halogens is 1. The number of rotatable bonds is 11. The number of anilines is 3. The largest absolute Gasteiger partial charge is 0.489 e. The molecule has 334 valence electrons. The first-order chi connectivity index (χ1) is 30.8. The van der Waals surface area contributed by atoms with E-state index in [2.05, 4.69) is 25.5 Å². The van der Waals surface area contributed by atoms with Crippen LogP contribution in [0.1, 0.15) is 79.6 Å². The van der Waals surface area contributed by atoms with E-state index in [-0.39, 0.29) is 61.7 Å². The van der Waals surface area contributed by atoms with Gasteiger partial charge in [-0.15, -0.1) is 0 Å². The number of imide groups is 2. The summed E-state index contributed by atoms with van der Waals surface area (Å²) in [5, 5.41) is 15.4. The molecule has 2 unspecified atom stereocenters. The Hall–Kier alpha value is -6.47. The summed E-state index contributed by atoms with van der Waals surface area (Å²) >= 11 is 0. The van der Waals surface area contributed by atoms with Gasteiger partial charge in [0.25, 0.3) is 11.8 Å². The first kappa shape index (κ1) is 41.5. The minimum absolute atomic E-state index is 0.0371. The summed E-state index contributed by atoms with van der Waals surface area (Å²) in [5.41, 5.74) is 1.62. The Morgan fingerprint density at radius 3 is 2.53 bits per heavy atom. The third kappa shape index (κ3) is 7.90. The molecule has 0 spiro atoms. The second-order valence-electron chi connectivity index (χ2n) is 18.0. The number of morpholine rings is 1. The highest BCUT2D eigenvalue weighted by Crippen LogP contribution is 2.37. The number of benzene rings is 2. The highest BCUT2D eigenvalue weighted by atomic mass is 19.1. The van der Waals surface area contributed by atoms with Gasteiger partial charge in [-0.3, -0.25) is 43.8 Å². The Balaban J connectivity index is 0.755. The molecule has 5 amide bonds. The third-order valence-electron chi connectivity index (χ3n) is 13.0. The number of nitrogens with zero attached hydrogens (tertiary/aromatic N) is 9. The number of likely N-dealkylation sites (tertiary alicyclic amines) is 1. The number of aromatic nitrogens is 5. The highest BCUT2D eigenvalue weighted by Gasteiger charge is 2.46. The van der Waals surface area contributed by atoms with Crippen LogP contribution in [0.5, 0.6) is 5.75 Å². The van der Waals surface area contributed by atoms with Crippen LogP contribution in [0.4, 0.5) is 21.6 Å². The van der Waals surface area contributed by atoms with Crippen molar-refractivity contribution < 1.29 is 37.8 Å². The van der Waals surface area contributed by atoms with Crippen molar-refractivity contribution in [2.75, 3.05) is 61.0 Å². The lowest BCUT2D eigenvalue weighted by atomic mass is 9.93. The number of amides is 5. The number of carbonyl (C=O) groups is 5. The van der Waals surface area contributed by atoms with Crippen LogP contribution in [0.15, 0.2) is 61.1 Å². The maximum atomic E-state index is 16.1. The van der Waals surface area contributed by atoms with Crippen molar-refractivity contribution in [3.05, 3.63) is 72.2 Å². The van der Waals surface area contributed by atoms with E-state index in [1.165, 1.54) is 13.1 Å². The molecular formula is C45H50FN11O7.